The maximum absolute atomic E-state index is 13.4. The zero-order valence-electron chi connectivity index (χ0n) is 52.8. The predicted molar refractivity (Wildman–Crippen MR) is 334 cm³/mol. The molecule has 8 heterocycles. The van der Waals surface area contributed by atoms with Gasteiger partial charge in [0.15, 0.2) is 46.0 Å². The second-order valence-electron chi connectivity index (χ2n) is 24.4. The third-order valence-electron chi connectivity index (χ3n) is 19.7. The van der Waals surface area contributed by atoms with Gasteiger partial charge in [-0.1, -0.05) is 67.8 Å². The van der Waals surface area contributed by atoms with Crippen LogP contribution in [0.15, 0.2) is 67.8 Å². The van der Waals surface area contributed by atoms with Crippen LogP contribution >= 0.6 is 0 Å². The number of rotatable bonds is 14. The van der Waals surface area contributed by atoms with Crippen molar-refractivity contribution in [2.24, 2.45) is 5.73 Å². The number of piperazine rings is 2. The van der Waals surface area contributed by atoms with Crippen LogP contribution in [0.2, 0.25) is 0 Å². The summed E-state index contributed by atoms with van der Waals surface area (Å²) in [6.45, 7) is 14.9. The molecule has 0 radical (unpaired) electrons. The Balaban J connectivity index is 0.000000182. The van der Waals surface area contributed by atoms with Gasteiger partial charge in [-0.15, -0.1) is 0 Å². The smallest absolute Gasteiger partial charge is 0.504 e. The quantitative estimate of drug-likeness (QED) is 0.0463. The second-order valence-corrected chi connectivity index (χ2v) is 24.4. The molecule has 5 aromatic rings. The molecule has 0 spiro atoms. The lowest BCUT2D eigenvalue weighted by Crippen LogP contribution is -2.68. The minimum Gasteiger partial charge on any atom is -0.504 e. The second kappa shape index (κ2) is 25.5. The van der Waals surface area contributed by atoms with Crippen molar-refractivity contribution in [2.45, 2.75) is 127 Å². The largest absolute Gasteiger partial charge is 0.514 e. The minimum atomic E-state index is -0.899. The fourth-order valence-electron chi connectivity index (χ4n) is 16.0. The summed E-state index contributed by atoms with van der Waals surface area (Å²) in [7, 11) is 7.06. The Labute approximate surface area is 533 Å². The number of benzene rings is 5. The maximum Gasteiger partial charge on any atom is 0.514 e. The molecule has 0 saturated carbocycles. The number of nitrogens with zero attached hydrogens (tertiary/aromatic N) is 6. The van der Waals surface area contributed by atoms with Crippen molar-refractivity contribution in [3.63, 3.8) is 0 Å². The number of phenolic OH excluding ortho intramolecular Hbond substituents is 2. The Morgan fingerprint density at radius 2 is 1.10 bits per heavy atom. The molecule has 8 aliphatic heterocycles. The van der Waals surface area contributed by atoms with Gasteiger partial charge in [0.25, 0.3) is 0 Å². The van der Waals surface area contributed by atoms with E-state index in [1.165, 1.54) is 19.3 Å². The third kappa shape index (κ3) is 10.4. The highest BCUT2D eigenvalue weighted by atomic mass is 16.7. The van der Waals surface area contributed by atoms with E-state index in [4.69, 9.17) is 53.1 Å². The fourth-order valence-corrected chi connectivity index (χ4v) is 16.0. The van der Waals surface area contributed by atoms with E-state index in [1.54, 1.807) is 14.0 Å². The number of nitrogens with two attached hydrogens (primary N) is 1. The first-order valence-corrected chi connectivity index (χ1v) is 30.8. The molecule has 2 unspecified atom stereocenters. The van der Waals surface area contributed by atoms with E-state index in [-0.39, 0.29) is 99.7 Å². The summed E-state index contributed by atoms with van der Waals surface area (Å²) in [5.41, 5.74) is 16.7. The Morgan fingerprint density at radius 1 is 0.652 bits per heavy atom. The first-order valence-electron chi connectivity index (χ1n) is 30.8. The van der Waals surface area contributed by atoms with Crippen LogP contribution in [0.4, 0.5) is 9.59 Å². The molecule has 23 heteroatoms. The number of nitriles is 2. The van der Waals surface area contributed by atoms with Crippen LogP contribution in [-0.2, 0) is 46.4 Å². The van der Waals surface area contributed by atoms with Gasteiger partial charge >= 0.3 is 12.3 Å². The normalized spacial score (nSPS) is 24.2. The first kappa shape index (κ1) is 62.9. The molecule has 92 heavy (non-hydrogen) atoms. The lowest BCUT2D eigenvalue weighted by atomic mass is 9.71. The summed E-state index contributed by atoms with van der Waals surface area (Å²) in [5, 5.41) is 47.9. The van der Waals surface area contributed by atoms with Crippen LogP contribution in [0.5, 0.6) is 57.5 Å². The van der Waals surface area contributed by atoms with E-state index >= 15 is 0 Å². The number of fused-ring (bicyclic) bond motifs is 18. The monoisotopic (exact) mass is 1260 g/mol. The number of likely N-dealkylation sites (N-methyl/N-ethyl adjacent to an activating group) is 2. The molecule has 10 atom stereocenters. The van der Waals surface area contributed by atoms with Gasteiger partial charge < -0.3 is 68.6 Å². The van der Waals surface area contributed by atoms with Gasteiger partial charge in [-0.2, -0.15) is 10.5 Å². The number of aryl methyl sites for hydroxylation is 3. The number of aromatic hydroxyl groups is 2. The van der Waals surface area contributed by atoms with Crippen molar-refractivity contribution in [3.8, 4) is 69.6 Å². The molecule has 1 amide bonds. The fraction of sp³-hybridized carbons (Fsp3) is 0.435. The summed E-state index contributed by atoms with van der Waals surface area (Å²) >= 11 is 0. The molecular weight excluding hydrogens is 1180 g/mol. The maximum atomic E-state index is 13.4. The molecule has 8 aliphatic rings. The Kier molecular flexibility index (Phi) is 17.4. The number of methoxy groups -OCH3 is 2. The van der Waals surface area contributed by atoms with Gasteiger partial charge in [-0.05, 0) is 102 Å². The highest BCUT2D eigenvalue weighted by Crippen LogP contribution is 2.61. The third-order valence-corrected chi connectivity index (χ3v) is 19.7. The van der Waals surface area contributed by atoms with E-state index < -0.39 is 42.5 Å². The summed E-state index contributed by atoms with van der Waals surface area (Å²) in [6.07, 6.45) is 3.83. The lowest BCUT2D eigenvalue weighted by molar-refractivity contribution is -0.122. The van der Waals surface area contributed by atoms with Crippen LogP contribution in [-0.4, -0.2) is 152 Å². The number of nitrogens with one attached hydrogen (secondary N) is 1. The van der Waals surface area contributed by atoms with Crippen LogP contribution in [0, 0.1) is 50.4 Å². The highest BCUT2D eigenvalue weighted by molar-refractivity contribution is 5.77. The predicted octanol–water partition coefficient (Wildman–Crippen LogP) is 8.15. The van der Waals surface area contributed by atoms with Crippen molar-refractivity contribution in [2.75, 3.05) is 68.2 Å². The number of ether oxygens (including phenoxy) is 10. The standard InChI is InChI=1S/C39H42N4O8.C30H34N4O7/c1-6-14-48-39(46)51-36-22(3)37-38(50-20-49-37)32-25(36)17-27-33-31-24(15-21(2)35(47-5)34(31)45)16-26(42(33)4)28(18-40)43(27)29(32)19-41-30(44)13-12-23-10-8-7-9-11-23;1-6-7-38-30(36)41-27-15(3)28-29(40-13-39-28)23-17(27)10-19-24-22-16(8-14(2)26(37-5)25(22)35)9-18(33(24)4)20(11-31)34(19)21(23)12-32/h6-11,15,26-29,33,45H,1,12-14,16-17,19-20H2,2-5H3,(H,41,44);6,8,18-21,24,35H,1,7,9-10,12-13,32H2,2-5H3/t26-,27?,28-,29-,33-;18-,19?,20-,21-,24-/m00/s1. The van der Waals surface area contributed by atoms with Crippen molar-refractivity contribution in [1.29, 1.82) is 10.5 Å². The number of amides is 1. The van der Waals surface area contributed by atoms with E-state index in [0.717, 1.165) is 50.1 Å². The SMILES string of the molecule is C=CCOC(=O)Oc1c(C)c2c(c3c1CC1[C@H]4c5c(cc(C)c(OC)c5O)C[C@@H]([C@H](C#N)N1[C@H]3CN)N4C)OCO2.C=CCOC(=O)Oc1c(C)c2c(c3c1CC1[C@H]4c5c(cc(C)c(OC)c5O)C[C@@H]([C@H](C#N)N1[C@H]3CNC(=O)CCc1ccccc1)N4C)OCO2. The van der Waals surface area contributed by atoms with Crippen LogP contribution in [0.1, 0.15) is 103 Å². The van der Waals surface area contributed by atoms with E-state index in [2.05, 4.69) is 56.3 Å². The summed E-state index contributed by atoms with van der Waals surface area (Å²) in [5.74, 6) is 3.46. The molecule has 2 saturated heterocycles. The van der Waals surface area contributed by atoms with E-state index in [1.807, 2.05) is 71.3 Å². The average molecular weight is 1260 g/mol. The Hall–Kier alpha value is -9.23. The zero-order valence-corrected chi connectivity index (χ0v) is 52.8. The first-order chi connectivity index (χ1) is 44.4. The van der Waals surface area contributed by atoms with Gasteiger partial charge in [0, 0.05) is 88.2 Å². The molecule has 5 aromatic carbocycles. The Bertz CT molecular complexity index is 3900. The van der Waals surface area contributed by atoms with E-state index in [9.17, 15) is 35.1 Å². The number of carbonyl (C=O) groups is 3. The van der Waals surface area contributed by atoms with E-state index in [0.29, 0.717) is 94.6 Å². The number of hydrogen-bond acceptors (Lipinski definition) is 22. The molecule has 0 aromatic heterocycles. The van der Waals surface area contributed by atoms with Crippen molar-refractivity contribution in [1.82, 2.24) is 24.9 Å². The van der Waals surface area contributed by atoms with Gasteiger partial charge in [-0.25, -0.2) is 9.59 Å². The summed E-state index contributed by atoms with van der Waals surface area (Å²) in [6, 6.07) is 15.2. The molecule has 2 fully saturated rings. The molecule has 4 bridgehead atoms. The molecular formula is C69H76N8O15. The van der Waals surface area contributed by atoms with Crippen molar-refractivity contribution < 1.29 is 72.0 Å². The molecule has 482 valence electrons. The van der Waals surface area contributed by atoms with Gasteiger partial charge in [-0.3, -0.25) is 24.4 Å². The summed E-state index contributed by atoms with van der Waals surface area (Å²) < 4.78 is 57.3. The van der Waals surface area contributed by atoms with Crippen molar-refractivity contribution in [3.05, 3.63) is 140 Å². The zero-order chi connectivity index (χ0) is 65.1. The molecule has 13 rings (SSSR count). The van der Waals surface area contributed by atoms with Crippen LogP contribution in [0.25, 0.3) is 0 Å². The molecule has 5 N–H and O–H groups in total. The average Bonchev–Trinajstić information content (AvgIpc) is 0.880. The highest BCUT2D eigenvalue weighted by Gasteiger charge is 2.59. The lowest BCUT2D eigenvalue weighted by Gasteiger charge is -2.60. The minimum absolute atomic E-state index is 0.00185. The van der Waals surface area contributed by atoms with Gasteiger partial charge in [0.05, 0.1) is 50.5 Å². The van der Waals surface area contributed by atoms with Crippen molar-refractivity contribution >= 4 is 18.2 Å². The van der Waals surface area contributed by atoms with Gasteiger partial charge in [0.2, 0.25) is 19.5 Å². The van der Waals surface area contributed by atoms with Gasteiger partial charge in [0.1, 0.15) is 36.8 Å². The molecule has 0 aliphatic carbocycles. The number of hydrogen-bond donors (Lipinski definition) is 4. The Morgan fingerprint density at radius 3 is 1.53 bits per heavy atom. The number of carbonyl (C=O) groups excluding carboxylic acids is 3. The molecule has 23 nitrogen and oxygen atoms in total. The summed E-state index contributed by atoms with van der Waals surface area (Å²) in [4.78, 5) is 47.8. The topological polar surface area (TPSA) is 283 Å². The van der Waals surface area contributed by atoms with Crippen LogP contribution < -0.4 is 48.9 Å². The van der Waals surface area contributed by atoms with Crippen LogP contribution in [0.3, 0.4) is 0 Å². The number of phenols is 2.